The van der Waals surface area contributed by atoms with Crippen molar-refractivity contribution in [3.63, 3.8) is 0 Å². The number of ether oxygens (including phenoxy) is 1. The molecule has 2 aromatic heterocycles. The van der Waals surface area contributed by atoms with Crippen molar-refractivity contribution in [2.45, 2.75) is 12.3 Å². The summed E-state index contributed by atoms with van der Waals surface area (Å²) in [5.41, 5.74) is 6.38. The minimum absolute atomic E-state index is 0.0988. The minimum Gasteiger partial charge on any atom is -0.506 e. The molecule has 0 aromatic carbocycles. The zero-order chi connectivity index (χ0) is 14.4. The van der Waals surface area contributed by atoms with E-state index in [-0.39, 0.29) is 11.6 Å². The summed E-state index contributed by atoms with van der Waals surface area (Å²) in [6, 6.07) is 0. The number of nitrogens with two attached hydrogens (primary N) is 1. The second-order valence-corrected chi connectivity index (χ2v) is 4.81. The third kappa shape index (κ3) is 1.72. The largest absolute Gasteiger partial charge is 0.506 e. The van der Waals surface area contributed by atoms with Crippen LogP contribution < -0.4 is 5.73 Å². The van der Waals surface area contributed by atoms with Crippen LogP contribution in [0.4, 0.5) is 5.82 Å². The fraction of sp³-hybridized carbons (Fsp3) is 0.300. The van der Waals surface area contributed by atoms with Crippen LogP contribution in [0.25, 0.3) is 11.2 Å². The van der Waals surface area contributed by atoms with Crippen molar-refractivity contribution < 1.29 is 20.1 Å². The van der Waals surface area contributed by atoms with Crippen LogP contribution in [0.3, 0.4) is 0 Å². The second kappa shape index (κ2) is 4.58. The third-order valence-electron chi connectivity index (χ3n) is 2.96. The zero-order valence-corrected chi connectivity index (χ0v) is 11.5. The Bertz CT molecular complexity index is 715. The number of aliphatic hydroxyl groups is 3. The molecule has 1 aliphatic rings. The van der Waals surface area contributed by atoms with Crippen LogP contribution in [0.2, 0.25) is 0 Å². The Kier molecular flexibility index (Phi) is 3.00. The topological polar surface area (TPSA) is 140 Å². The molecule has 5 N–H and O–H groups in total. The summed E-state index contributed by atoms with van der Waals surface area (Å²) in [4.78, 5) is 12.0. The van der Waals surface area contributed by atoms with E-state index < -0.39 is 24.7 Å². The predicted octanol–water partition coefficient (Wildman–Crippen LogP) is -0.177. The number of hydrogen-bond acceptors (Lipinski definition) is 8. The van der Waals surface area contributed by atoms with Crippen molar-refractivity contribution in [3.8, 4) is 0 Å². The van der Waals surface area contributed by atoms with Gasteiger partial charge in [-0.15, -0.1) is 0 Å². The molecule has 0 fully saturated rings. The predicted molar refractivity (Wildman–Crippen MR) is 70.3 cm³/mol. The summed E-state index contributed by atoms with van der Waals surface area (Å²) >= 11 is 3.22. The lowest BCUT2D eigenvalue weighted by Gasteiger charge is -2.18. The standard InChI is InChI=1S/C10H10BrN5O4/c11-10-15-4-7(12)13-2-14-8(4)16(10)9-6(19)5(18)3(1-17)20-9/h2,6,9,17-19H,1H2,(H2,12,13,14)/t6?,9-/m1/s1. The maximum Gasteiger partial charge on any atom is 0.212 e. The molecular weight excluding hydrogens is 334 g/mol. The molecule has 0 spiro atoms. The maximum absolute atomic E-state index is 10.00. The first kappa shape index (κ1) is 13.1. The number of nitrogens with zero attached hydrogens (tertiary/aromatic N) is 4. The molecule has 3 heterocycles. The molecule has 0 saturated carbocycles. The van der Waals surface area contributed by atoms with E-state index >= 15 is 0 Å². The van der Waals surface area contributed by atoms with Crippen LogP contribution in [0.5, 0.6) is 0 Å². The monoisotopic (exact) mass is 343 g/mol. The molecule has 10 heteroatoms. The van der Waals surface area contributed by atoms with Crippen molar-refractivity contribution in [1.82, 2.24) is 19.5 Å². The van der Waals surface area contributed by atoms with Gasteiger partial charge in [0.25, 0.3) is 0 Å². The Balaban J connectivity index is 2.13. The van der Waals surface area contributed by atoms with Gasteiger partial charge in [0.15, 0.2) is 39.3 Å². The summed E-state index contributed by atoms with van der Waals surface area (Å²) in [5.74, 6) is -0.340. The summed E-state index contributed by atoms with van der Waals surface area (Å²) < 4.78 is 7.04. The van der Waals surface area contributed by atoms with Crippen LogP contribution in [0.1, 0.15) is 6.23 Å². The highest BCUT2D eigenvalue weighted by Crippen LogP contribution is 2.35. The molecule has 20 heavy (non-hydrogen) atoms. The molecule has 0 aliphatic carbocycles. The molecule has 1 unspecified atom stereocenters. The number of halogens is 1. The Labute approximate surface area is 120 Å². The first-order chi connectivity index (χ1) is 9.54. The van der Waals surface area contributed by atoms with E-state index in [1.54, 1.807) is 0 Å². The van der Waals surface area contributed by atoms with Crippen molar-refractivity contribution >= 4 is 32.9 Å². The van der Waals surface area contributed by atoms with Gasteiger partial charge in [-0.1, -0.05) is 0 Å². The van der Waals surface area contributed by atoms with E-state index in [1.807, 2.05) is 0 Å². The summed E-state index contributed by atoms with van der Waals surface area (Å²) in [6.07, 6.45) is -1.10. The van der Waals surface area contributed by atoms with Crippen molar-refractivity contribution in [2.75, 3.05) is 12.3 Å². The molecule has 9 nitrogen and oxygen atoms in total. The zero-order valence-electron chi connectivity index (χ0n) is 9.93. The minimum atomic E-state index is -1.35. The van der Waals surface area contributed by atoms with E-state index in [1.165, 1.54) is 10.9 Å². The Morgan fingerprint density at radius 1 is 1.45 bits per heavy atom. The summed E-state index contributed by atoms with van der Waals surface area (Å²) in [5, 5.41) is 28.7. The summed E-state index contributed by atoms with van der Waals surface area (Å²) in [7, 11) is 0. The lowest BCUT2D eigenvalue weighted by Crippen LogP contribution is -2.23. The number of rotatable bonds is 2. The average Bonchev–Trinajstić information content (AvgIpc) is 2.90. The van der Waals surface area contributed by atoms with Crippen LogP contribution in [0.15, 0.2) is 22.6 Å². The van der Waals surface area contributed by atoms with Crippen molar-refractivity contribution in [2.24, 2.45) is 0 Å². The van der Waals surface area contributed by atoms with E-state index in [9.17, 15) is 10.2 Å². The Hall–Kier alpha value is -1.91. The molecular formula is C10H10BrN5O4. The van der Waals surface area contributed by atoms with Gasteiger partial charge in [-0.2, -0.15) is 0 Å². The normalized spacial score (nSPS) is 22.6. The number of aromatic nitrogens is 4. The van der Waals surface area contributed by atoms with Gasteiger partial charge in [0.1, 0.15) is 12.9 Å². The molecule has 1 aliphatic heterocycles. The van der Waals surface area contributed by atoms with E-state index in [0.717, 1.165) is 0 Å². The van der Waals surface area contributed by atoms with Gasteiger partial charge in [0, 0.05) is 0 Å². The fourth-order valence-corrected chi connectivity index (χ4v) is 2.56. The maximum atomic E-state index is 10.00. The van der Waals surface area contributed by atoms with Crippen LogP contribution in [0, 0.1) is 0 Å². The Morgan fingerprint density at radius 3 is 2.85 bits per heavy atom. The molecule has 2 atom stereocenters. The molecule has 0 amide bonds. The highest BCUT2D eigenvalue weighted by molar-refractivity contribution is 9.10. The number of imidazole rings is 1. The highest BCUT2D eigenvalue weighted by atomic mass is 79.9. The fourth-order valence-electron chi connectivity index (χ4n) is 2.01. The molecule has 106 valence electrons. The quantitative estimate of drug-likeness (QED) is 0.550. The number of nitrogen functional groups attached to an aromatic ring is 1. The van der Waals surface area contributed by atoms with E-state index in [0.29, 0.717) is 15.9 Å². The first-order valence-corrected chi connectivity index (χ1v) is 6.35. The van der Waals surface area contributed by atoms with Gasteiger partial charge in [-0.25, -0.2) is 15.0 Å². The van der Waals surface area contributed by atoms with E-state index in [4.69, 9.17) is 15.6 Å². The molecule has 0 saturated heterocycles. The van der Waals surface area contributed by atoms with Gasteiger partial charge >= 0.3 is 0 Å². The Morgan fingerprint density at radius 2 is 2.20 bits per heavy atom. The van der Waals surface area contributed by atoms with Crippen LogP contribution in [-0.4, -0.2) is 47.5 Å². The number of aliphatic hydroxyl groups excluding tert-OH is 3. The lowest BCUT2D eigenvalue weighted by molar-refractivity contribution is -0.0133. The molecule has 0 bridgehead atoms. The van der Waals surface area contributed by atoms with Gasteiger partial charge in [-0.05, 0) is 15.9 Å². The van der Waals surface area contributed by atoms with E-state index in [2.05, 4.69) is 30.9 Å². The second-order valence-electron chi connectivity index (χ2n) is 4.10. The molecule has 2 aromatic rings. The van der Waals surface area contributed by atoms with Gasteiger partial charge in [0.2, 0.25) is 6.23 Å². The number of fused-ring (bicyclic) bond motifs is 1. The van der Waals surface area contributed by atoms with Gasteiger partial charge < -0.3 is 25.8 Å². The van der Waals surface area contributed by atoms with Crippen molar-refractivity contribution in [1.29, 1.82) is 0 Å². The SMILES string of the molecule is Nc1ncnc2c1nc(Br)n2[C@@H]1OC(CO)=C(O)C1O. The summed E-state index contributed by atoms with van der Waals surface area (Å²) in [6.45, 7) is -0.527. The smallest absolute Gasteiger partial charge is 0.212 e. The highest BCUT2D eigenvalue weighted by Gasteiger charge is 2.39. The van der Waals surface area contributed by atoms with Gasteiger partial charge in [-0.3, -0.25) is 4.57 Å². The lowest BCUT2D eigenvalue weighted by atomic mass is 10.2. The number of hydrogen-bond donors (Lipinski definition) is 4. The first-order valence-electron chi connectivity index (χ1n) is 5.56. The molecule has 3 rings (SSSR count). The van der Waals surface area contributed by atoms with Crippen LogP contribution in [-0.2, 0) is 4.74 Å². The molecule has 0 radical (unpaired) electrons. The number of anilines is 1. The van der Waals surface area contributed by atoms with Gasteiger partial charge in [0.05, 0.1) is 0 Å². The van der Waals surface area contributed by atoms with Crippen LogP contribution >= 0.6 is 15.9 Å². The third-order valence-corrected chi connectivity index (χ3v) is 3.52. The van der Waals surface area contributed by atoms with Crippen molar-refractivity contribution in [3.05, 3.63) is 22.6 Å². The average molecular weight is 344 g/mol.